The summed E-state index contributed by atoms with van der Waals surface area (Å²) >= 11 is 13.1. The molecular formula is C26H24Cl2O2. The fourth-order valence-corrected chi connectivity index (χ4v) is 3.90. The molecule has 0 aliphatic rings. The largest absolute Gasteiger partial charge is 0.488 e. The highest BCUT2D eigenvalue weighted by atomic mass is 35.5. The first kappa shape index (κ1) is 22.0. The molecule has 4 heteroatoms. The average Bonchev–Trinajstić information content (AvgIpc) is 2.77. The Kier molecular flexibility index (Phi) is 7.25. The second-order valence-corrected chi connectivity index (χ2v) is 7.80. The van der Waals surface area contributed by atoms with Crippen molar-refractivity contribution in [1.82, 2.24) is 0 Å². The van der Waals surface area contributed by atoms with Gasteiger partial charge < -0.3 is 9.47 Å². The van der Waals surface area contributed by atoms with E-state index in [9.17, 15) is 0 Å². The standard InChI is InChI=1S/C26H24Cl2O2/c1-4-15-29-24-13-11-20(17-22(24)27)26(3,19-9-7-6-8-10-19)21-12-14-25(23(28)18-21)30-16-5-2/h4-14,17-18H,1-2,15-16H2,3H3. The minimum atomic E-state index is -0.484. The summed E-state index contributed by atoms with van der Waals surface area (Å²) in [4.78, 5) is 0. The van der Waals surface area contributed by atoms with Gasteiger partial charge in [-0.1, -0.05) is 91.0 Å². The Morgan fingerprint density at radius 2 is 1.20 bits per heavy atom. The van der Waals surface area contributed by atoms with Gasteiger partial charge in [0.25, 0.3) is 0 Å². The second-order valence-electron chi connectivity index (χ2n) is 6.98. The summed E-state index contributed by atoms with van der Waals surface area (Å²) in [5, 5.41) is 1.10. The predicted octanol–water partition coefficient (Wildman–Crippen LogP) is 7.48. The van der Waals surface area contributed by atoms with Gasteiger partial charge in [-0.15, -0.1) is 0 Å². The lowest BCUT2D eigenvalue weighted by molar-refractivity contribution is 0.363. The van der Waals surface area contributed by atoms with Crippen LogP contribution in [0.1, 0.15) is 23.6 Å². The molecule has 0 aliphatic heterocycles. The lowest BCUT2D eigenvalue weighted by atomic mass is 9.71. The molecule has 0 saturated carbocycles. The van der Waals surface area contributed by atoms with E-state index in [2.05, 4.69) is 32.2 Å². The number of ether oxygens (including phenoxy) is 2. The van der Waals surface area contributed by atoms with Gasteiger partial charge in [-0.2, -0.15) is 0 Å². The van der Waals surface area contributed by atoms with Gasteiger partial charge in [0.05, 0.1) is 10.0 Å². The highest BCUT2D eigenvalue weighted by molar-refractivity contribution is 6.32. The van der Waals surface area contributed by atoms with Crippen LogP contribution in [-0.2, 0) is 5.41 Å². The third-order valence-electron chi connectivity index (χ3n) is 5.08. The Bertz CT molecular complexity index is 967. The van der Waals surface area contributed by atoms with Crippen LogP contribution in [0.4, 0.5) is 0 Å². The van der Waals surface area contributed by atoms with Crippen LogP contribution in [0.15, 0.2) is 92.0 Å². The van der Waals surface area contributed by atoms with Crippen LogP contribution in [0.2, 0.25) is 10.0 Å². The Morgan fingerprint density at radius 3 is 1.60 bits per heavy atom. The molecule has 0 spiro atoms. The topological polar surface area (TPSA) is 18.5 Å². The zero-order chi connectivity index (χ0) is 21.6. The van der Waals surface area contributed by atoms with E-state index in [0.29, 0.717) is 34.8 Å². The van der Waals surface area contributed by atoms with E-state index in [1.165, 1.54) is 0 Å². The summed E-state index contributed by atoms with van der Waals surface area (Å²) in [6, 6.07) is 22.0. The Labute approximate surface area is 188 Å². The molecule has 30 heavy (non-hydrogen) atoms. The van der Waals surface area contributed by atoms with E-state index in [1.807, 2.05) is 54.6 Å². The first-order chi connectivity index (χ1) is 14.5. The molecular weight excluding hydrogens is 415 g/mol. The van der Waals surface area contributed by atoms with Gasteiger partial charge in [0.2, 0.25) is 0 Å². The predicted molar refractivity (Wildman–Crippen MR) is 126 cm³/mol. The van der Waals surface area contributed by atoms with E-state index < -0.39 is 5.41 Å². The molecule has 0 heterocycles. The molecule has 0 radical (unpaired) electrons. The molecule has 0 unspecified atom stereocenters. The van der Waals surface area contributed by atoms with Crippen LogP contribution in [0.25, 0.3) is 0 Å². The van der Waals surface area contributed by atoms with Crippen LogP contribution < -0.4 is 9.47 Å². The van der Waals surface area contributed by atoms with Gasteiger partial charge in [0.15, 0.2) is 0 Å². The third kappa shape index (κ3) is 4.56. The van der Waals surface area contributed by atoms with E-state index in [4.69, 9.17) is 32.7 Å². The van der Waals surface area contributed by atoms with Gasteiger partial charge in [-0.05, 0) is 47.9 Å². The molecule has 0 amide bonds. The summed E-state index contributed by atoms with van der Waals surface area (Å²) in [5.41, 5.74) is 2.69. The number of hydrogen-bond acceptors (Lipinski definition) is 2. The molecule has 0 saturated heterocycles. The smallest absolute Gasteiger partial charge is 0.138 e. The SMILES string of the molecule is C=CCOc1ccc(C(C)(c2ccccc2)c2ccc(OCC=C)c(Cl)c2)cc1Cl. The lowest BCUT2D eigenvalue weighted by Gasteiger charge is -2.32. The van der Waals surface area contributed by atoms with Crippen molar-refractivity contribution < 1.29 is 9.47 Å². The van der Waals surface area contributed by atoms with Crippen LogP contribution >= 0.6 is 23.2 Å². The zero-order valence-electron chi connectivity index (χ0n) is 16.9. The molecule has 0 fully saturated rings. The fourth-order valence-electron chi connectivity index (χ4n) is 3.43. The summed E-state index contributed by atoms with van der Waals surface area (Å²) in [6.45, 7) is 10.3. The van der Waals surface area contributed by atoms with E-state index in [0.717, 1.165) is 16.7 Å². The molecule has 3 aromatic rings. The minimum Gasteiger partial charge on any atom is -0.488 e. The molecule has 2 nitrogen and oxygen atoms in total. The normalized spacial score (nSPS) is 11.0. The van der Waals surface area contributed by atoms with Gasteiger partial charge in [0.1, 0.15) is 24.7 Å². The summed E-state index contributed by atoms with van der Waals surface area (Å²) < 4.78 is 11.3. The van der Waals surface area contributed by atoms with Crippen molar-refractivity contribution in [1.29, 1.82) is 0 Å². The quantitative estimate of drug-likeness (QED) is 0.254. The van der Waals surface area contributed by atoms with Gasteiger partial charge in [-0.3, -0.25) is 0 Å². The fraction of sp³-hybridized carbons (Fsp3) is 0.154. The van der Waals surface area contributed by atoms with Crippen molar-refractivity contribution in [2.75, 3.05) is 13.2 Å². The Balaban J connectivity index is 2.12. The van der Waals surface area contributed by atoms with E-state index in [-0.39, 0.29) is 0 Å². The molecule has 0 bridgehead atoms. The van der Waals surface area contributed by atoms with Gasteiger partial charge in [0, 0.05) is 5.41 Å². The van der Waals surface area contributed by atoms with Gasteiger partial charge >= 0.3 is 0 Å². The highest BCUT2D eigenvalue weighted by Crippen LogP contribution is 2.43. The first-order valence-electron chi connectivity index (χ1n) is 9.63. The van der Waals surface area contributed by atoms with E-state index >= 15 is 0 Å². The van der Waals surface area contributed by atoms with Crippen LogP contribution in [0.5, 0.6) is 11.5 Å². The monoisotopic (exact) mass is 438 g/mol. The van der Waals surface area contributed by atoms with Crippen LogP contribution in [0, 0.1) is 0 Å². The van der Waals surface area contributed by atoms with Crippen molar-refractivity contribution in [3.8, 4) is 11.5 Å². The maximum atomic E-state index is 6.55. The van der Waals surface area contributed by atoms with E-state index in [1.54, 1.807) is 12.2 Å². The molecule has 154 valence electrons. The highest BCUT2D eigenvalue weighted by Gasteiger charge is 2.32. The maximum absolute atomic E-state index is 6.55. The molecule has 0 N–H and O–H groups in total. The number of halogens is 2. The average molecular weight is 439 g/mol. The number of benzene rings is 3. The van der Waals surface area contributed by atoms with Crippen molar-refractivity contribution in [2.45, 2.75) is 12.3 Å². The van der Waals surface area contributed by atoms with Crippen molar-refractivity contribution in [3.63, 3.8) is 0 Å². The van der Waals surface area contributed by atoms with Crippen molar-refractivity contribution in [2.24, 2.45) is 0 Å². The van der Waals surface area contributed by atoms with Crippen LogP contribution in [0.3, 0.4) is 0 Å². The molecule has 3 rings (SSSR count). The van der Waals surface area contributed by atoms with Crippen LogP contribution in [-0.4, -0.2) is 13.2 Å². The number of hydrogen-bond donors (Lipinski definition) is 0. The minimum absolute atomic E-state index is 0.400. The first-order valence-corrected chi connectivity index (χ1v) is 10.4. The number of rotatable bonds is 9. The molecule has 0 aromatic heterocycles. The zero-order valence-corrected chi connectivity index (χ0v) is 18.4. The van der Waals surface area contributed by atoms with Gasteiger partial charge in [-0.25, -0.2) is 0 Å². The van der Waals surface area contributed by atoms with Crippen molar-refractivity contribution >= 4 is 23.2 Å². The molecule has 3 aromatic carbocycles. The summed E-state index contributed by atoms with van der Waals surface area (Å²) in [6.07, 6.45) is 3.38. The second kappa shape index (κ2) is 9.88. The summed E-state index contributed by atoms with van der Waals surface area (Å²) in [5.74, 6) is 1.25. The Morgan fingerprint density at radius 1 is 0.733 bits per heavy atom. The van der Waals surface area contributed by atoms with Crippen molar-refractivity contribution in [3.05, 3.63) is 119 Å². The molecule has 0 atom stereocenters. The Hall–Kier alpha value is -2.68. The molecule has 0 aliphatic carbocycles. The lowest BCUT2D eigenvalue weighted by Crippen LogP contribution is -2.25. The third-order valence-corrected chi connectivity index (χ3v) is 5.67. The summed E-state index contributed by atoms with van der Waals surface area (Å²) in [7, 11) is 0. The maximum Gasteiger partial charge on any atom is 0.138 e.